The first-order valence-electron chi connectivity index (χ1n) is 9.22. The third-order valence-corrected chi connectivity index (χ3v) is 5.25. The van der Waals surface area contributed by atoms with Crippen molar-refractivity contribution in [2.45, 2.75) is 40.5 Å². The Bertz CT molecular complexity index is 509. The zero-order valence-electron chi connectivity index (χ0n) is 16.0. The van der Waals surface area contributed by atoms with Crippen LogP contribution in [0.5, 0.6) is 0 Å². The highest BCUT2D eigenvalue weighted by atomic mass is 127. The lowest BCUT2D eigenvalue weighted by Gasteiger charge is -2.34. The summed E-state index contributed by atoms with van der Waals surface area (Å²) >= 11 is 1.77. The van der Waals surface area contributed by atoms with Crippen LogP contribution in [0.15, 0.2) is 11.2 Å². The fraction of sp³-hybridized carbons (Fsp3) is 0.778. The van der Waals surface area contributed by atoms with E-state index < -0.39 is 0 Å². The number of nitrogens with one attached hydrogen (secondary N) is 2. The van der Waals surface area contributed by atoms with Crippen LogP contribution >= 0.6 is 35.3 Å². The first kappa shape index (κ1) is 22.6. The molecule has 2 unspecified atom stereocenters. The maximum atomic E-state index is 4.73. The van der Waals surface area contributed by atoms with E-state index >= 15 is 0 Å². The molecule has 0 bridgehead atoms. The Kier molecular flexibility index (Phi) is 10.9. The summed E-state index contributed by atoms with van der Waals surface area (Å²) in [6.07, 6.45) is 4.25. The van der Waals surface area contributed by atoms with Crippen molar-refractivity contribution in [2.75, 3.05) is 39.3 Å². The maximum absolute atomic E-state index is 4.73. The molecule has 25 heavy (non-hydrogen) atoms. The van der Waals surface area contributed by atoms with Crippen LogP contribution in [0.25, 0.3) is 0 Å². The van der Waals surface area contributed by atoms with Crippen molar-refractivity contribution in [1.29, 1.82) is 0 Å². The number of aliphatic imine (C=N–C) groups is 1. The Balaban J connectivity index is 0.00000312. The molecule has 1 aromatic heterocycles. The quantitative estimate of drug-likeness (QED) is 0.359. The van der Waals surface area contributed by atoms with Gasteiger partial charge in [-0.05, 0) is 32.1 Å². The van der Waals surface area contributed by atoms with Gasteiger partial charge in [-0.3, -0.25) is 4.99 Å². The smallest absolute Gasteiger partial charge is 0.191 e. The van der Waals surface area contributed by atoms with Crippen LogP contribution in [-0.2, 0) is 6.42 Å². The van der Waals surface area contributed by atoms with E-state index in [0.717, 1.165) is 50.4 Å². The minimum absolute atomic E-state index is 0. The Labute approximate surface area is 174 Å². The van der Waals surface area contributed by atoms with Gasteiger partial charge < -0.3 is 15.5 Å². The number of likely N-dealkylation sites (tertiary alicyclic amines) is 1. The average Bonchev–Trinajstić information content (AvgIpc) is 2.92. The lowest BCUT2D eigenvalue weighted by molar-refractivity contribution is 0.145. The van der Waals surface area contributed by atoms with E-state index in [1.807, 2.05) is 6.20 Å². The Morgan fingerprint density at radius 3 is 2.64 bits per heavy atom. The molecule has 7 heteroatoms. The second-order valence-electron chi connectivity index (χ2n) is 7.01. The summed E-state index contributed by atoms with van der Waals surface area (Å²) in [5.41, 5.74) is 0. The first-order chi connectivity index (χ1) is 11.6. The molecule has 2 atom stereocenters. The Morgan fingerprint density at radius 1 is 1.32 bits per heavy atom. The lowest BCUT2D eigenvalue weighted by Crippen LogP contribution is -2.41. The van der Waals surface area contributed by atoms with Gasteiger partial charge in [0, 0.05) is 50.2 Å². The third-order valence-electron chi connectivity index (χ3n) is 4.28. The summed E-state index contributed by atoms with van der Waals surface area (Å²) in [6, 6.07) is 0. The molecule has 2 N–H and O–H groups in total. The van der Waals surface area contributed by atoms with E-state index in [-0.39, 0.29) is 24.0 Å². The lowest BCUT2D eigenvalue weighted by atomic mass is 9.92. The fourth-order valence-electron chi connectivity index (χ4n) is 3.42. The number of rotatable bonds is 7. The third kappa shape index (κ3) is 8.68. The number of piperidine rings is 1. The molecule has 2 heterocycles. The zero-order chi connectivity index (χ0) is 17.4. The highest BCUT2D eigenvalue weighted by molar-refractivity contribution is 14.0. The molecule has 1 aromatic rings. The number of guanidine groups is 1. The van der Waals surface area contributed by atoms with Crippen LogP contribution in [0.1, 0.15) is 37.1 Å². The highest BCUT2D eigenvalue weighted by Crippen LogP contribution is 2.20. The summed E-state index contributed by atoms with van der Waals surface area (Å²) < 4.78 is 0. The predicted molar refractivity (Wildman–Crippen MR) is 119 cm³/mol. The van der Waals surface area contributed by atoms with Gasteiger partial charge in [-0.25, -0.2) is 4.98 Å². The van der Waals surface area contributed by atoms with E-state index in [9.17, 15) is 0 Å². The number of nitrogens with zero attached hydrogens (tertiary/aromatic N) is 3. The van der Waals surface area contributed by atoms with Gasteiger partial charge in [0.25, 0.3) is 0 Å². The normalized spacial score (nSPS) is 21.7. The van der Waals surface area contributed by atoms with Crippen molar-refractivity contribution < 1.29 is 0 Å². The molecular weight excluding hydrogens is 445 g/mol. The van der Waals surface area contributed by atoms with Crippen molar-refractivity contribution in [2.24, 2.45) is 16.8 Å². The van der Waals surface area contributed by atoms with Gasteiger partial charge in [0.15, 0.2) is 5.96 Å². The van der Waals surface area contributed by atoms with Crippen molar-refractivity contribution >= 4 is 41.3 Å². The first-order valence-corrected chi connectivity index (χ1v) is 10.0. The molecule has 1 saturated heterocycles. The van der Waals surface area contributed by atoms with Crippen LogP contribution in [0.2, 0.25) is 0 Å². The predicted octanol–water partition coefficient (Wildman–Crippen LogP) is 3.15. The van der Waals surface area contributed by atoms with Crippen molar-refractivity contribution in [3.63, 3.8) is 0 Å². The minimum Gasteiger partial charge on any atom is -0.357 e. The van der Waals surface area contributed by atoms with Gasteiger partial charge >= 0.3 is 0 Å². The zero-order valence-corrected chi connectivity index (χ0v) is 19.2. The number of hydrogen-bond donors (Lipinski definition) is 2. The molecule has 0 spiro atoms. The van der Waals surface area contributed by atoms with Crippen LogP contribution in [0.3, 0.4) is 0 Å². The van der Waals surface area contributed by atoms with Crippen LogP contribution in [-0.4, -0.2) is 55.1 Å². The fourth-order valence-corrected chi connectivity index (χ4v) is 4.21. The number of aryl methyl sites for hydroxylation is 1. The molecule has 0 amide bonds. The largest absolute Gasteiger partial charge is 0.357 e. The van der Waals surface area contributed by atoms with E-state index in [0.29, 0.717) is 0 Å². The highest BCUT2D eigenvalue weighted by Gasteiger charge is 2.20. The summed E-state index contributed by atoms with van der Waals surface area (Å²) in [6.45, 7) is 15.0. The number of thiazole rings is 1. The van der Waals surface area contributed by atoms with Gasteiger partial charge in [0.1, 0.15) is 0 Å². The SMILES string of the molecule is CCNC(=NCCN1CC(C)CC(C)C1)NCCc1ncc(C)s1.I. The molecule has 0 saturated carbocycles. The molecule has 0 aromatic carbocycles. The molecule has 1 aliphatic rings. The molecule has 1 fully saturated rings. The molecule has 0 aliphatic carbocycles. The minimum atomic E-state index is 0. The standard InChI is InChI=1S/C18H33N5S.HI/c1-5-19-18(20-7-6-17-22-11-16(4)24-17)21-8-9-23-12-14(2)10-15(3)13-23;/h11,14-15H,5-10,12-13H2,1-4H3,(H2,19,20,21);1H. The van der Waals surface area contributed by atoms with Gasteiger partial charge in [0.2, 0.25) is 0 Å². The van der Waals surface area contributed by atoms with Crippen LogP contribution < -0.4 is 10.6 Å². The molecule has 144 valence electrons. The number of hydrogen-bond acceptors (Lipinski definition) is 4. The molecule has 0 radical (unpaired) electrons. The van der Waals surface area contributed by atoms with E-state index in [1.54, 1.807) is 11.3 Å². The van der Waals surface area contributed by atoms with Gasteiger partial charge in [-0.15, -0.1) is 35.3 Å². The van der Waals surface area contributed by atoms with Crippen molar-refractivity contribution in [3.05, 3.63) is 16.1 Å². The van der Waals surface area contributed by atoms with E-state index in [2.05, 4.69) is 48.2 Å². The number of aromatic nitrogens is 1. The second-order valence-corrected chi connectivity index (χ2v) is 8.33. The summed E-state index contributed by atoms with van der Waals surface area (Å²) in [7, 11) is 0. The Hall–Kier alpha value is -0.410. The summed E-state index contributed by atoms with van der Waals surface area (Å²) in [5.74, 6) is 2.54. The van der Waals surface area contributed by atoms with Gasteiger partial charge in [-0.1, -0.05) is 13.8 Å². The Morgan fingerprint density at radius 2 is 2.04 bits per heavy atom. The van der Waals surface area contributed by atoms with Crippen molar-refractivity contribution in [3.8, 4) is 0 Å². The average molecular weight is 479 g/mol. The molecule has 5 nitrogen and oxygen atoms in total. The molecular formula is C18H34IN5S. The monoisotopic (exact) mass is 479 g/mol. The van der Waals surface area contributed by atoms with E-state index in [1.165, 1.54) is 29.4 Å². The second kappa shape index (κ2) is 12.1. The van der Waals surface area contributed by atoms with Crippen LogP contribution in [0.4, 0.5) is 0 Å². The molecule has 1 aliphatic heterocycles. The summed E-state index contributed by atoms with van der Waals surface area (Å²) in [4.78, 5) is 13.0. The topological polar surface area (TPSA) is 52.6 Å². The number of halogens is 1. The van der Waals surface area contributed by atoms with Crippen molar-refractivity contribution in [1.82, 2.24) is 20.5 Å². The maximum Gasteiger partial charge on any atom is 0.191 e. The molecule has 2 rings (SSSR count). The van der Waals surface area contributed by atoms with Gasteiger partial charge in [-0.2, -0.15) is 0 Å². The van der Waals surface area contributed by atoms with Crippen LogP contribution in [0, 0.1) is 18.8 Å². The van der Waals surface area contributed by atoms with Gasteiger partial charge in [0.05, 0.1) is 11.6 Å². The van der Waals surface area contributed by atoms with E-state index in [4.69, 9.17) is 4.99 Å². The summed E-state index contributed by atoms with van der Waals surface area (Å²) in [5, 5.41) is 7.94.